The minimum Gasteiger partial charge on any atom is -0.467 e. The van der Waals surface area contributed by atoms with E-state index in [9.17, 15) is 9.59 Å². The smallest absolute Gasteiger partial charge is 0.321 e. The Morgan fingerprint density at radius 3 is 3.04 bits per heavy atom. The Morgan fingerprint density at radius 2 is 2.22 bits per heavy atom. The summed E-state index contributed by atoms with van der Waals surface area (Å²) < 4.78 is 10.4. The van der Waals surface area contributed by atoms with Gasteiger partial charge in [0, 0.05) is 0 Å². The van der Waals surface area contributed by atoms with Gasteiger partial charge >= 0.3 is 6.03 Å². The van der Waals surface area contributed by atoms with Gasteiger partial charge in [0.25, 0.3) is 5.91 Å². The fourth-order valence-corrected chi connectivity index (χ4v) is 2.53. The normalized spacial score (nSPS) is 10.4. The molecule has 0 aliphatic heterocycles. The van der Waals surface area contributed by atoms with Gasteiger partial charge in [-0.15, -0.1) is 11.3 Å². The second kappa shape index (κ2) is 6.88. The van der Waals surface area contributed by atoms with Crippen LogP contribution in [0.5, 0.6) is 5.88 Å². The lowest BCUT2D eigenvalue weighted by atomic mass is 10.4. The molecule has 0 atom stereocenters. The van der Waals surface area contributed by atoms with Gasteiger partial charge in [0.1, 0.15) is 16.9 Å². The number of ether oxygens (including phenoxy) is 1. The summed E-state index contributed by atoms with van der Waals surface area (Å²) in [7, 11) is 0. The van der Waals surface area contributed by atoms with E-state index in [-0.39, 0.29) is 13.2 Å². The Bertz CT molecular complexity index is 815. The highest BCUT2D eigenvalue weighted by atomic mass is 32.1. The van der Waals surface area contributed by atoms with Crippen LogP contribution >= 0.6 is 11.3 Å². The molecule has 2 N–H and O–H groups in total. The lowest BCUT2D eigenvalue weighted by Gasteiger charge is -2.07. The molecule has 0 bridgehead atoms. The van der Waals surface area contributed by atoms with Gasteiger partial charge < -0.3 is 14.5 Å². The minimum absolute atomic E-state index is 0.189. The van der Waals surface area contributed by atoms with E-state index in [1.54, 1.807) is 12.1 Å². The van der Waals surface area contributed by atoms with Crippen molar-refractivity contribution in [3.05, 3.63) is 41.9 Å². The maximum Gasteiger partial charge on any atom is 0.321 e. The molecular weight excluding hydrogens is 320 g/mol. The number of rotatable bonds is 5. The number of hydrogen-bond donors (Lipinski definition) is 2. The van der Waals surface area contributed by atoms with Gasteiger partial charge in [0.05, 0.1) is 18.2 Å². The van der Waals surface area contributed by atoms with Crippen molar-refractivity contribution in [2.45, 2.75) is 6.54 Å². The molecule has 0 unspecified atom stereocenters. The van der Waals surface area contributed by atoms with E-state index < -0.39 is 11.9 Å². The summed E-state index contributed by atoms with van der Waals surface area (Å²) in [5.74, 6) is 0.316. The zero-order chi connectivity index (χ0) is 16.1. The molecule has 0 aliphatic rings. The van der Waals surface area contributed by atoms with Crippen LogP contribution in [0.15, 0.2) is 40.6 Å². The highest BCUT2D eigenvalue weighted by molar-refractivity contribution is 7.16. The third-order valence-corrected chi connectivity index (χ3v) is 3.64. The van der Waals surface area contributed by atoms with Gasteiger partial charge in [0.15, 0.2) is 6.61 Å². The molecule has 3 heterocycles. The number of fused-ring (bicyclic) bond motifs is 1. The first-order chi connectivity index (χ1) is 11.2. The van der Waals surface area contributed by atoms with Crippen LogP contribution in [0.4, 0.5) is 4.79 Å². The van der Waals surface area contributed by atoms with Gasteiger partial charge in [-0.1, -0.05) is 0 Å². The van der Waals surface area contributed by atoms with Gasteiger partial charge in [-0.05, 0) is 23.6 Å². The van der Waals surface area contributed by atoms with Crippen LogP contribution in [0.25, 0.3) is 10.2 Å². The first-order valence-corrected chi connectivity index (χ1v) is 7.51. The molecule has 0 saturated carbocycles. The van der Waals surface area contributed by atoms with Crippen molar-refractivity contribution >= 4 is 33.5 Å². The summed E-state index contributed by atoms with van der Waals surface area (Å²) >= 11 is 1.45. The zero-order valence-corrected chi connectivity index (χ0v) is 12.6. The van der Waals surface area contributed by atoms with Gasteiger partial charge in [-0.25, -0.2) is 14.8 Å². The average molecular weight is 332 g/mol. The monoisotopic (exact) mass is 332 g/mol. The number of nitrogens with one attached hydrogen (secondary N) is 2. The third kappa shape index (κ3) is 3.83. The molecule has 23 heavy (non-hydrogen) atoms. The molecule has 0 fully saturated rings. The predicted molar refractivity (Wildman–Crippen MR) is 82.0 cm³/mol. The van der Waals surface area contributed by atoms with Crippen molar-refractivity contribution in [3.63, 3.8) is 0 Å². The molecule has 9 heteroatoms. The van der Waals surface area contributed by atoms with E-state index in [0.29, 0.717) is 11.6 Å². The number of urea groups is 1. The molecule has 3 rings (SSSR count). The second-order valence-electron chi connectivity index (χ2n) is 4.42. The Morgan fingerprint density at radius 1 is 1.30 bits per heavy atom. The highest BCUT2D eigenvalue weighted by Crippen LogP contribution is 2.25. The quantitative estimate of drug-likeness (QED) is 0.736. The fraction of sp³-hybridized carbons (Fsp3) is 0.143. The van der Waals surface area contributed by atoms with Gasteiger partial charge in [-0.2, -0.15) is 0 Å². The van der Waals surface area contributed by atoms with E-state index in [2.05, 4.69) is 20.6 Å². The zero-order valence-electron chi connectivity index (χ0n) is 11.8. The Labute approximate surface area is 134 Å². The minimum atomic E-state index is -0.627. The number of imide groups is 1. The van der Waals surface area contributed by atoms with Crippen LogP contribution in [0.3, 0.4) is 0 Å². The van der Waals surface area contributed by atoms with Crippen molar-refractivity contribution in [2.24, 2.45) is 0 Å². The Kier molecular flexibility index (Phi) is 4.48. The first kappa shape index (κ1) is 15.0. The van der Waals surface area contributed by atoms with E-state index >= 15 is 0 Å². The van der Waals surface area contributed by atoms with Crippen molar-refractivity contribution < 1.29 is 18.7 Å². The highest BCUT2D eigenvalue weighted by Gasteiger charge is 2.11. The van der Waals surface area contributed by atoms with E-state index in [0.717, 1.165) is 10.2 Å². The molecule has 0 spiro atoms. The van der Waals surface area contributed by atoms with Crippen molar-refractivity contribution in [3.8, 4) is 5.88 Å². The maximum absolute atomic E-state index is 11.7. The number of furan rings is 1. The van der Waals surface area contributed by atoms with Crippen molar-refractivity contribution in [2.75, 3.05) is 6.61 Å². The molecule has 0 saturated heterocycles. The lowest BCUT2D eigenvalue weighted by molar-refractivity contribution is -0.122. The number of thiophene rings is 1. The average Bonchev–Trinajstić information content (AvgIpc) is 3.22. The first-order valence-electron chi connectivity index (χ1n) is 6.63. The van der Waals surface area contributed by atoms with Crippen LogP contribution in [-0.4, -0.2) is 28.5 Å². The molecule has 0 aliphatic carbocycles. The fourth-order valence-electron chi connectivity index (χ4n) is 1.80. The third-order valence-electron chi connectivity index (χ3n) is 2.82. The van der Waals surface area contributed by atoms with Gasteiger partial charge in [-0.3, -0.25) is 10.1 Å². The van der Waals surface area contributed by atoms with E-state index in [1.165, 1.54) is 23.9 Å². The molecule has 3 amide bonds. The summed E-state index contributed by atoms with van der Waals surface area (Å²) in [5, 5.41) is 7.24. The van der Waals surface area contributed by atoms with Crippen LogP contribution in [0, 0.1) is 0 Å². The van der Waals surface area contributed by atoms with Crippen LogP contribution in [0.1, 0.15) is 5.76 Å². The van der Waals surface area contributed by atoms with Crippen molar-refractivity contribution in [1.82, 2.24) is 20.6 Å². The van der Waals surface area contributed by atoms with Crippen LogP contribution in [-0.2, 0) is 11.3 Å². The summed E-state index contributed by atoms with van der Waals surface area (Å²) in [6.45, 7) is -0.134. The molecular formula is C14H12N4O4S. The predicted octanol–water partition coefficient (Wildman–Crippen LogP) is 1.69. The largest absolute Gasteiger partial charge is 0.467 e. The van der Waals surface area contributed by atoms with E-state index in [4.69, 9.17) is 9.15 Å². The van der Waals surface area contributed by atoms with Crippen LogP contribution < -0.4 is 15.4 Å². The molecule has 0 aromatic carbocycles. The standard InChI is InChI=1S/C14H12N4O4S/c19-11(18-14(20)15-6-9-2-1-4-21-9)7-22-12-10-3-5-23-13(10)17-8-16-12/h1-5,8H,6-7H2,(H2,15,18,19,20). The Hall–Kier alpha value is -2.94. The number of nitrogens with zero attached hydrogens (tertiary/aromatic N) is 2. The number of carbonyl (C=O) groups excluding carboxylic acids is 2. The van der Waals surface area contributed by atoms with Crippen LogP contribution in [0.2, 0.25) is 0 Å². The molecule has 3 aromatic heterocycles. The molecule has 3 aromatic rings. The summed E-state index contributed by atoms with van der Waals surface area (Å²) in [6.07, 6.45) is 2.86. The number of hydrogen-bond acceptors (Lipinski definition) is 7. The second-order valence-corrected chi connectivity index (χ2v) is 5.31. The number of carbonyl (C=O) groups is 2. The summed E-state index contributed by atoms with van der Waals surface area (Å²) in [6, 6.07) is 4.61. The Balaban J connectivity index is 1.47. The maximum atomic E-state index is 11.7. The SMILES string of the molecule is O=C(COc1ncnc2sccc12)NC(=O)NCc1ccco1. The molecule has 0 radical (unpaired) electrons. The van der Waals surface area contributed by atoms with E-state index in [1.807, 2.05) is 11.4 Å². The lowest BCUT2D eigenvalue weighted by Crippen LogP contribution is -2.41. The topological polar surface area (TPSA) is 106 Å². The molecule has 8 nitrogen and oxygen atoms in total. The number of amides is 3. The number of aromatic nitrogens is 2. The summed E-state index contributed by atoms with van der Waals surface area (Å²) in [4.78, 5) is 32.1. The van der Waals surface area contributed by atoms with Gasteiger partial charge in [0.2, 0.25) is 5.88 Å². The molecule has 118 valence electrons. The summed E-state index contributed by atoms with van der Waals surface area (Å²) in [5.41, 5.74) is 0. The van der Waals surface area contributed by atoms with Crippen molar-refractivity contribution in [1.29, 1.82) is 0 Å².